The van der Waals surface area contributed by atoms with Crippen LogP contribution >= 0.6 is 15.9 Å². The first-order valence-corrected chi connectivity index (χ1v) is 10.6. The van der Waals surface area contributed by atoms with Crippen molar-refractivity contribution in [2.45, 2.75) is 19.6 Å². The number of nitrogens with zero attached hydrogens (tertiary/aromatic N) is 1. The first kappa shape index (κ1) is 24.6. The summed E-state index contributed by atoms with van der Waals surface area (Å²) in [5, 5.41) is 21.8. The molecule has 1 heterocycles. The van der Waals surface area contributed by atoms with E-state index in [0.29, 0.717) is 11.4 Å². The van der Waals surface area contributed by atoms with Gasteiger partial charge in [0.1, 0.15) is 34.6 Å². The van der Waals surface area contributed by atoms with Gasteiger partial charge >= 0.3 is 0 Å². The van der Waals surface area contributed by atoms with Crippen LogP contribution in [0.4, 0.5) is 8.78 Å². The fraction of sp³-hybridized carbons (Fsp3) is 0.217. The minimum absolute atomic E-state index is 0.0663. The van der Waals surface area contributed by atoms with Crippen LogP contribution in [-0.4, -0.2) is 34.3 Å². The van der Waals surface area contributed by atoms with Crippen LogP contribution in [-0.2, 0) is 6.61 Å². The van der Waals surface area contributed by atoms with Crippen LogP contribution in [0, 0.1) is 18.6 Å². The Hall–Kier alpha value is -3.08. The molecule has 0 fully saturated rings. The third-order valence-corrected chi connectivity index (χ3v) is 5.73. The van der Waals surface area contributed by atoms with Crippen molar-refractivity contribution < 1.29 is 28.5 Å². The number of hydrogen-bond acceptors (Lipinski definition) is 5. The number of aliphatic hydroxyl groups is 2. The molecule has 7 nitrogen and oxygen atoms in total. The van der Waals surface area contributed by atoms with Crippen LogP contribution in [0.15, 0.2) is 51.7 Å². The Kier molecular flexibility index (Phi) is 7.62. The van der Waals surface area contributed by atoms with Crippen LogP contribution in [0.25, 0.3) is 5.69 Å². The molecule has 1 unspecified atom stereocenters. The summed E-state index contributed by atoms with van der Waals surface area (Å²) >= 11 is 3.21. The molecular weight excluding hydrogens is 502 g/mol. The standard InChI is InChI=1S/C23H21BrF2N2O5/c1-12-7-20(33-11-13-3-4-14(25)8-18(13)26)21(24)23(32)28(12)15-5-6-16(19(30)10-29)17(9-15)22(31)27-2/h3-9,19,29-30H,10-11H2,1-2H3,(H,27,31). The zero-order chi connectivity index (χ0) is 24.3. The molecule has 0 aliphatic carbocycles. The number of pyridine rings is 1. The highest BCUT2D eigenvalue weighted by atomic mass is 79.9. The van der Waals surface area contributed by atoms with Gasteiger partial charge in [-0.05, 0) is 52.7 Å². The summed E-state index contributed by atoms with van der Waals surface area (Å²) in [5.41, 5.74) is 0.747. The van der Waals surface area contributed by atoms with E-state index >= 15 is 0 Å². The lowest BCUT2D eigenvalue weighted by molar-refractivity contribution is 0.0890. The number of aryl methyl sites for hydroxylation is 1. The minimum Gasteiger partial charge on any atom is -0.487 e. The Morgan fingerprint density at radius 1 is 1.21 bits per heavy atom. The zero-order valence-corrected chi connectivity index (χ0v) is 19.3. The molecule has 0 bridgehead atoms. The lowest BCUT2D eigenvalue weighted by Crippen LogP contribution is -2.25. The molecule has 0 saturated heterocycles. The maximum Gasteiger partial charge on any atom is 0.273 e. The normalized spacial score (nSPS) is 11.8. The van der Waals surface area contributed by atoms with Crippen molar-refractivity contribution in [2.75, 3.05) is 13.7 Å². The minimum atomic E-state index is -1.27. The summed E-state index contributed by atoms with van der Waals surface area (Å²) in [6.45, 7) is 0.853. The van der Waals surface area contributed by atoms with Crippen LogP contribution < -0.4 is 15.6 Å². The highest BCUT2D eigenvalue weighted by Crippen LogP contribution is 2.27. The van der Waals surface area contributed by atoms with E-state index in [1.807, 2.05) is 0 Å². The first-order valence-electron chi connectivity index (χ1n) is 9.82. The van der Waals surface area contributed by atoms with Gasteiger partial charge in [-0.2, -0.15) is 0 Å². The van der Waals surface area contributed by atoms with Crippen molar-refractivity contribution in [1.82, 2.24) is 9.88 Å². The van der Waals surface area contributed by atoms with E-state index in [0.717, 1.165) is 12.1 Å². The molecule has 1 atom stereocenters. The van der Waals surface area contributed by atoms with Crippen molar-refractivity contribution in [1.29, 1.82) is 0 Å². The monoisotopic (exact) mass is 522 g/mol. The average molecular weight is 523 g/mol. The van der Waals surface area contributed by atoms with Crippen LogP contribution in [0.5, 0.6) is 5.75 Å². The lowest BCUT2D eigenvalue weighted by atomic mass is 10.0. The topological polar surface area (TPSA) is 101 Å². The molecule has 3 aromatic rings. The molecule has 0 radical (unpaired) electrons. The largest absolute Gasteiger partial charge is 0.487 e. The number of ether oxygens (including phenoxy) is 1. The number of amides is 1. The number of carbonyl (C=O) groups excluding carboxylic acids is 1. The van der Waals surface area contributed by atoms with Crippen LogP contribution in [0.2, 0.25) is 0 Å². The SMILES string of the molecule is CNC(=O)c1cc(-n2c(C)cc(OCc3ccc(F)cc3F)c(Br)c2=O)ccc1C(O)CO. The van der Waals surface area contributed by atoms with Gasteiger partial charge in [-0.15, -0.1) is 0 Å². The number of hydrogen-bond donors (Lipinski definition) is 3. The van der Waals surface area contributed by atoms with Crippen molar-refractivity contribution in [3.8, 4) is 11.4 Å². The van der Waals surface area contributed by atoms with E-state index in [2.05, 4.69) is 21.2 Å². The second-order valence-electron chi connectivity index (χ2n) is 7.18. The third kappa shape index (κ3) is 5.13. The molecule has 0 aliphatic heterocycles. The van der Waals surface area contributed by atoms with Gasteiger partial charge in [0, 0.05) is 41.7 Å². The molecule has 33 heavy (non-hydrogen) atoms. The van der Waals surface area contributed by atoms with Gasteiger partial charge in [0.2, 0.25) is 0 Å². The number of aliphatic hydroxyl groups excluding tert-OH is 2. The van der Waals surface area contributed by atoms with Gasteiger partial charge in [-0.25, -0.2) is 8.78 Å². The number of aromatic nitrogens is 1. The van der Waals surface area contributed by atoms with Crippen molar-refractivity contribution in [3.63, 3.8) is 0 Å². The molecule has 174 valence electrons. The molecule has 1 aromatic heterocycles. The van der Waals surface area contributed by atoms with E-state index in [-0.39, 0.29) is 33.5 Å². The van der Waals surface area contributed by atoms with Crippen LogP contribution in [0.1, 0.15) is 33.3 Å². The Morgan fingerprint density at radius 3 is 2.58 bits per heavy atom. The van der Waals surface area contributed by atoms with Gasteiger partial charge < -0.3 is 20.3 Å². The predicted octanol–water partition coefficient (Wildman–Crippen LogP) is 3.15. The van der Waals surface area contributed by atoms with Crippen molar-refractivity contribution >= 4 is 21.8 Å². The van der Waals surface area contributed by atoms with E-state index in [1.54, 1.807) is 13.0 Å². The Bertz CT molecular complexity index is 1260. The molecule has 10 heteroatoms. The summed E-state index contributed by atoms with van der Waals surface area (Å²) in [5.74, 6) is -1.80. The molecular formula is C23H21BrF2N2O5. The zero-order valence-electron chi connectivity index (χ0n) is 17.7. The Balaban J connectivity index is 2.01. The van der Waals surface area contributed by atoms with Crippen molar-refractivity contribution in [3.05, 3.63) is 91.3 Å². The summed E-state index contributed by atoms with van der Waals surface area (Å²) in [4.78, 5) is 25.4. The fourth-order valence-corrected chi connectivity index (χ4v) is 3.71. The second kappa shape index (κ2) is 10.2. The van der Waals surface area contributed by atoms with E-state index < -0.39 is 35.8 Å². The van der Waals surface area contributed by atoms with Gasteiger partial charge in [-0.3, -0.25) is 14.2 Å². The number of halogens is 3. The fourth-order valence-electron chi connectivity index (χ4n) is 3.31. The smallest absolute Gasteiger partial charge is 0.273 e. The molecule has 3 rings (SSSR count). The van der Waals surface area contributed by atoms with Gasteiger partial charge in [0.25, 0.3) is 11.5 Å². The summed E-state index contributed by atoms with van der Waals surface area (Å²) in [6.07, 6.45) is -1.27. The Morgan fingerprint density at radius 2 is 1.94 bits per heavy atom. The quantitative estimate of drug-likeness (QED) is 0.442. The van der Waals surface area contributed by atoms with Gasteiger partial charge in [0.05, 0.1) is 6.61 Å². The molecule has 0 spiro atoms. The van der Waals surface area contributed by atoms with Gasteiger partial charge in [0.15, 0.2) is 0 Å². The number of nitrogens with one attached hydrogen (secondary N) is 1. The maximum atomic E-state index is 13.9. The second-order valence-corrected chi connectivity index (χ2v) is 7.97. The van der Waals surface area contributed by atoms with E-state index in [1.165, 1.54) is 35.9 Å². The maximum absolute atomic E-state index is 13.9. The molecule has 0 aliphatic rings. The predicted molar refractivity (Wildman–Crippen MR) is 121 cm³/mol. The summed E-state index contributed by atoms with van der Waals surface area (Å²) in [7, 11) is 1.42. The molecule has 2 aromatic carbocycles. The number of rotatable bonds is 7. The third-order valence-electron chi connectivity index (χ3n) is 5.00. The lowest BCUT2D eigenvalue weighted by Gasteiger charge is -2.18. The summed E-state index contributed by atoms with van der Waals surface area (Å²) < 4.78 is 34.0. The molecule has 0 saturated carbocycles. The number of carbonyl (C=O) groups is 1. The van der Waals surface area contributed by atoms with Crippen LogP contribution in [0.3, 0.4) is 0 Å². The molecule has 1 amide bonds. The van der Waals surface area contributed by atoms with E-state index in [4.69, 9.17) is 4.74 Å². The van der Waals surface area contributed by atoms with E-state index in [9.17, 15) is 28.6 Å². The first-order chi connectivity index (χ1) is 15.7. The highest BCUT2D eigenvalue weighted by molar-refractivity contribution is 9.10. The Labute approximate surface area is 196 Å². The van der Waals surface area contributed by atoms with Crippen molar-refractivity contribution in [2.24, 2.45) is 0 Å². The highest BCUT2D eigenvalue weighted by Gasteiger charge is 2.20. The van der Waals surface area contributed by atoms with Gasteiger partial charge in [-0.1, -0.05) is 6.07 Å². The number of benzene rings is 2. The summed E-state index contributed by atoms with van der Waals surface area (Å²) in [6, 6.07) is 9.11. The molecule has 3 N–H and O–H groups in total. The average Bonchev–Trinajstić information content (AvgIpc) is 2.80.